The van der Waals surface area contributed by atoms with Gasteiger partial charge in [-0.15, -0.1) is 0 Å². The van der Waals surface area contributed by atoms with Gasteiger partial charge in [0.2, 0.25) is 0 Å². The summed E-state index contributed by atoms with van der Waals surface area (Å²) in [4.78, 5) is 10.7. The standard InChI is InChI=1S/C10H12O3/c1-3-7-6(2)8(10(12)13)4-5-9(7)11/h4-5,11H,3H2,1-2H3,(H,12,13). The van der Waals surface area contributed by atoms with Crippen molar-refractivity contribution in [1.29, 1.82) is 0 Å². The highest BCUT2D eigenvalue weighted by atomic mass is 16.4. The van der Waals surface area contributed by atoms with Crippen molar-refractivity contribution in [1.82, 2.24) is 0 Å². The molecule has 0 aromatic heterocycles. The molecule has 1 rings (SSSR count). The highest BCUT2D eigenvalue weighted by Crippen LogP contribution is 2.24. The maximum atomic E-state index is 10.7. The number of aromatic carboxylic acids is 1. The quantitative estimate of drug-likeness (QED) is 0.731. The van der Waals surface area contributed by atoms with Gasteiger partial charge in [0, 0.05) is 0 Å². The zero-order chi connectivity index (χ0) is 10.0. The molecule has 70 valence electrons. The first-order valence-electron chi connectivity index (χ1n) is 4.12. The lowest BCUT2D eigenvalue weighted by atomic mass is 10.00. The molecule has 1 aromatic rings. The molecule has 3 nitrogen and oxygen atoms in total. The van der Waals surface area contributed by atoms with Crippen LogP contribution in [0.15, 0.2) is 12.1 Å². The van der Waals surface area contributed by atoms with E-state index in [-0.39, 0.29) is 11.3 Å². The molecule has 0 heterocycles. The minimum absolute atomic E-state index is 0.171. The van der Waals surface area contributed by atoms with Crippen LogP contribution in [0.25, 0.3) is 0 Å². The van der Waals surface area contributed by atoms with E-state index in [1.165, 1.54) is 12.1 Å². The smallest absolute Gasteiger partial charge is 0.335 e. The lowest BCUT2D eigenvalue weighted by Crippen LogP contribution is -2.02. The summed E-state index contributed by atoms with van der Waals surface area (Å²) in [6, 6.07) is 2.85. The fourth-order valence-electron chi connectivity index (χ4n) is 1.42. The molecule has 0 aliphatic carbocycles. The minimum Gasteiger partial charge on any atom is -0.508 e. The fourth-order valence-corrected chi connectivity index (χ4v) is 1.42. The van der Waals surface area contributed by atoms with E-state index in [0.717, 1.165) is 0 Å². The van der Waals surface area contributed by atoms with Crippen LogP contribution in [0.5, 0.6) is 5.75 Å². The van der Waals surface area contributed by atoms with E-state index in [2.05, 4.69) is 0 Å². The van der Waals surface area contributed by atoms with Gasteiger partial charge in [-0.1, -0.05) is 6.92 Å². The molecule has 0 unspecified atom stereocenters. The number of hydrogen-bond donors (Lipinski definition) is 2. The van der Waals surface area contributed by atoms with Crippen molar-refractivity contribution in [3.63, 3.8) is 0 Å². The van der Waals surface area contributed by atoms with Crippen molar-refractivity contribution in [2.45, 2.75) is 20.3 Å². The fraction of sp³-hybridized carbons (Fsp3) is 0.300. The summed E-state index contributed by atoms with van der Waals surface area (Å²) in [7, 11) is 0. The molecule has 2 N–H and O–H groups in total. The molecular formula is C10H12O3. The van der Waals surface area contributed by atoms with Crippen LogP contribution in [-0.2, 0) is 6.42 Å². The maximum absolute atomic E-state index is 10.7. The summed E-state index contributed by atoms with van der Waals surface area (Å²) in [5, 5.41) is 18.2. The number of carboxylic acids is 1. The topological polar surface area (TPSA) is 57.5 Å². The third kappa shape index (κ3) is 1.64. The van der Waals surface area contributed by atoms with Gasteiger partial charge in [-0.2, -0.15) is 0 Å². The summed E-state index contributed by atoms with van der Waals surface area (Å²) in [5.41, 5.74) is 1.62. The number of carboxylic acid groups (broad SMARTS) is 1. The zero-order valence-corrected chi connectivity index (χ0v) is 7.66. The molecule has 13 heavy (non-hydrogen) atoms. The Labute approximate surface area is 76.6 Å². The maximum Gasteiger partial charge on any atom is 0.335 e. The van der Waals surface area contributed by atoms with Crippen LogP contribution in [0.2, 0.25) is 0 Å². The van der Waals surface area contributed by atoms with E-state index in [1.807, 2.05) is 6.92 Å². The number of phenolic OH excluding ortho intramolecular Hbond substituents is 1. The first-order valence-corrected chi connectivity index (χ1v) is 4.12. The highest BCUT2D eigenvalue weighted by Gasteiger charge is 2.12. The SMILES string of the molecule is CCc1c(O)ccc(C(=O)O)c1C. The van der Waals surface area contributed by atoms with Gasteiger partial charge in [-0.05, 0) is 36.6 Å². The minimum atomic E-state index is -0.952. The second kappa shape index (κ2) is 3.47. The molecule has 0 saturated heterocycles. The Bertz CT molecular complexity index is 342. The van der Waals surface area contributed by atoms with Crippen molar-refractivity contribution in [2.24, 2.45) is 0 Å². The Morgan fingerprint density at radius 3 is 2.54 bits per heavy atom. The Morgan fingerprint density at radius 2 is 2.08 bits per heavy atom. The third-order valence-electron chi connectivity index (χ3n) is 2.16. The molecule has 0 radical (unpaired) electrons. The van der Waals surface area contributed by atoms with Crippen molar-refractivity contribution in [3.05, 3.63) is 28.8 Å². The molecule has 0 fully saturated rings. The monoisotopic (exact) mass is 180 g/mol. The Hall–Kier alpha value is -1.51. The molecule has 0 spiro atoms. The van der Waals surface area contributed by atoms with Crippen LogP contribution in [0, 0.1) is 6.92 Å². The average molecular weight is 180 g/mol. The van der Waals surface area contributed by atoms with Crippen molar-refractivity contribution in [3.8, 4) is 5.75 Å². The molecule has 0 saturated carbocycles. The van der Waals surface area contributed by atoms with Gasteiger partial charge in [0.25, 0.3) is 0 Å². The number of hydrogen-bond acceptors (Lipinski definition) is 2. The van der Waals surface area contributed by atoms with E-state index in [1.54, 1.807) is 6.92 Å². The average Bonchev–Trinajstić information content (AvgIpc) is 2.04. The van der Waals surface area contributed by atoms with Gasteiger partial charge < -0.3 is 10.2 Å². The Kier molecular flexibility index (Phi) is 2.56. The molecular weight excluding hydrogens is 168 g/mol. The van der Waals surface area contributed by atoms with E-state index in [0.29, 0.717) is 17.5 Å². The third-order valence-corrected chi connectivity index (χ3v) is 2.16. The van der Waals surface area contributed by atoms with Gasteiger partial charge in [0.05, 0.1) is 5.56 Å². The first kappa shape index (κ1) is 9.58. The Balaban J connectivity index is 3.35. The number of phenols is 1. The molecule has 0 amide bonds. The van der Waals surface area contributed by atoms with Crippen LogP contribution in [0.4, 0.5) is 0 Å². The number of carbonyl (C=O) groups is 1. The van der Waals surface area contributed by atoms with E-state index >= 15 is 0 Å². The van der Waals surface area contributed by atoms with Crippen molar-refractivity contribution in [2.75, 3.05) is 0 Å². The predicted octanol–water partition coefficient (Wildman–Crippen LogP) is 1.96. The molecule has 0 aliphatic rings. The predicted molar refractivity (Wildman–Crippen MR) is 49.2 cm³/mol. The lowest BCUT2D eigenvalue weighted by Gasteiger charge is -2.08. The van der Waals surface area contributed by atoms with E-state index in [9.17, 15) is 9.90 Å². The normalized spacial score (nSPS) is 10.0. The van der Waals surface area contributed by atoms with Crippen LogP contribution < -0.4 is 0 Å². The first-order chi connectivity index (χ1) is 6.07. The summed E-state index contributed by atoms with van der Waals surface area (Å²) in [5.74, 6) is -0.780. The van der Waals surface area contributed by atoms with Crippen LogP contribution in [0.3, 0.4) is 0 Å². The molecule has 3 heteroatoms. The summed E-state index contributed by atoms with van der Waals surface area (Å²) >= 11 is 0. The number of benzene rings is 1. The van der Waals surface area contributed by atoms with Crippen LogP contribution in [0.1, 0.15) is 28.4 Å². The summed E-state index contributed by atoms with van der Waals surface area (Å²) in [6.07, 6.45) is 0.638. The highest BCUT2D eigenvalue weighted by molar-refractivity contribution is 5.90. The van der Waals surface area contributed by atoms with Crippen molar-refractivity contribution < 1.29 is 15.0 Å². The van der Waals surface area contributed by atoms with Gasteiger partial charge in [-0.3, -0.25) is 0 Å². The molecule has 0 bridgehead atoms. The number of rotatable bonds is 2. The lowest BCUT2D eigenvalue weighted by molar-refractivity contribution is 0.0696. The van der Waals surface area contributed by atoms with Crippen LogP contribution >= 0.6 is 0 Å². The number of aromatic hydroxyl groups is 1. The van der Waals surface area contributed by atoms with Gasteiger partial charge in [0.15, 0.2) is 0 Å². The summed E-state index contributed by atoms with van der Waals surface area (Å²) < 4.78 is 0. The second-order valence-electron chi connectivity index (χ2n) is 2.89. The van der Waals surface area contributed by atoms with Gasteiger partial charge in [-0.25, -0.2) is 4.79 Å². The second-order valence-corrected chi connectivity index (χ2v) is 2.89. The Morgan fingerprint density at radius 1 is 1.46 bits per heavy atom. The van der Waals surface area contributed by atoms with E-state index < -0.39 is 5.97 Å². The summed E-state index contributed by atoms with van der Waals surface area (Å²) in [6.45, 7) is 3.59. The zero-order valence-electron chi connectivity index (χ0n) is 7.66. The van der Waals surface area contributed by atoms with Crippen molar-refractivity contribution >= 4 is 5.97 Å². The molecule has 0 aliphatic heterocycles. The van der Waals surface area contributed by atoms with Crippen LogP contribution in [-0.4, -0.2) is 16.2 Å². The largest absolute Gasteiger partial charge is 0.508 e. The van der Waals surface area contributed by atoms with Gasteiger partial charge >= 0.3 is 5.97 Å². The van der Waals surface area contributed by atoms with E-state index in [4.69, 9.17) is 5.11 Å². The van der Waals surface area contributed by atoms with Gasteiger partial charge in [0.1, 0.15) is 5.75 Å². The molecule has 1 aromatic carbocycles. The molecule has 0 atom stereocenters.